The van der Waals surface area contributed by atoms with Gasteiger partial charge in [-0.25, -0.2) is 4.98 Å². The minimum Gasteiger partial charge on any atom is -0.354 e. The molecule has 5 nitrogen and oxygen atoms in total. The maximum absolute atomic E-state index is 12.2. The predicted octanol–water partition coefficient (Wildman–Crippen LogP) is 4.71. The number of nitrogens with zero attached hydrogens (tertiary/aromatic N) is 2. The Morgan fingerprint density at radius 2 is 1.76 bits per heavy atom. The maximum Gasteiger partial charge on any atom is 0.274 e. The van der Waals surface area contributed by atoms with Crippen molar-refractivity contribution in [2.45, 2.75) is 0 Å². The Morgan fingerprint density at radius 1 is 1.00 bits per heavy atom. The minimum absolute atomic E-state index is 0.275. The van der Waals surface area contributed by atoms with Crippen molar-refractivity contribution in [1.29, 1.82) is 5.26 Å². The first-order valence-electron chi connectivity index (χ1n) is 7.44. The van der Waals surface area contributed by atoms with Gasteiger partial charge < -0.3 is 10.6 Å². The SMILES string of the molecule is N#Cc1ccc(Nc2ccc(C(=O)Nc3cccc(Br)c3)nc2)cc1. The van der Waals surface area contributed by atoms with Gasteiger partial charge in [-0.05, 0) is 54.6 Å². The molecule has 3 aromatic rings. The van der Waals surface area contributed by atoms with Gasteiger partial charge in [0.2, 0.25) is 0 Å². The predicted molar refractivity (Wildman–Crippen MR) is 101 cm³/mol. The molecule has 6 heteroatoms. The van der Waals surface area contributed by atoms with Gasteiger partial charge in [0.15, 0.2) is 0 Å². The number of nitrogens with one attached hydrogen (secondary N) is 2. The van der Waals surface area contributed by atoms with Gasteiger partial charge in [-0.15, -0.1) is 0 Å². The molecule has 0 unspecified atom stereocenters. The van der Waals surface area contributed by atoms with E-state index in [4.69, 9.17) is 5.26 Å². The van der Waals surface area contributed by atoms with E-state index in [0.29, 0.717) is 16.9 Å². The lowest BCUT2D eigenvalue weighted by Gasteiger charge is -2.08. The fourth-order valence-electron chi connectivity index (χ4n) is 2.16. The molecule has 0 aliphatic rings. The molecule has 0 bridgehead atoms. The average Bonchev–Trinajstić information content (AvgIpc) is 2.63. The molecule has 0 aliphatic heterocycles. The normalized spacial score (nSPS) is 9.92. The van der Waals surface area contributed by atoms with Crippen LogP contribution < -0.4 is 10.6 Å². The van der Waals surface area contributed by atoms with E-state index in [2.05, 4.69) is 37.6 Å². The zero-order valence-corrected chi connectivity index (χ0v) is 14.6. The van der Waals surface area contributed by atoms with Crippen LogP contribution in [0.4, 0.5) is 17.1 Å². The third kappa shape index (κ3) is 4.43. The quantitative estimate of drug-likeness (QED) is 0.673. The van der Waals surface area contributed by atoms with E-state index >= 15 is 0 Å². The van der Waals surface area contributed by atoms with Crippen LogP contribution in [0.25, 0.3) is 0 Å². The molecule has 1 aromatic heterocycles. The van der Waals surface area contributed by atoms with Crippen molar-refractivity contribution in [3.05, 3.63) is 82.6 Å². The lowest BCUT2D eigenvalue weighted by atomic mass is 10.2. The second kappa shape index (κ2) is 7.60. The molecule has 0 saturated carbocycles. The van der Waals surface area contributed by atoms with Crippen LogP contribution in [-0.4, -0.2) is 10.9 Å². The van der Waals surface area contributed by atoms with Gasteiger partial charge in [0.25, 0.3) is 5.91 Å². The van der Waals surface area contributed by atoms with Crippen LogP contribution in [-0.2, 0) is 0 Å². The molecule has 122 valence electrons. The topological polar surface area (TPSA) is 77.8 Å². The Balaban J connectivity index is 1.66. The highest BCUT2D eigenvalue weighted by molar-refractivity contribution is 9.10. The molecule has 0 atom stereocenters. The molecule has 2 N–H and O–H groups in total. The summed E-state index contributed by atoms with van der Waals surface area (Å²) < 4.78 is 0.889. The van der Waals surface area contributed by atoms with Crippen molar-refractivity contribution < 1.29 is 4.79 Å². The standard InChI is InChI=1S/C19H13BrN4O/c20-14-2-1-3-16(10-14)24-19(25)18-9-8-17(12-22-18)23-15-6-4-13(11-21)5-7-15/h1-10,12,23H,(H,24,25). The zero-order valence-electron chi connectivity index (χ0n) is 13.0. The number of hydrogen-bond acceptors (Lipinski definition) is 4. The summed E-state index contributed by atoms with van der Waals surface area (Å²) in [5.74, 6) is -0.275. The summed E-state index contributed by atoms with van der Waals surface area (Å²) in [7, 11) is 0. The average molecular weight is 393 g/mol. The Bertz CT molecular complexity index is 931. The highest BCUT2D eigenvalue weighted by Gasteiger charge is 2.08. The second-order valence-corrected chi connectivity index (χ2v) is 6.13. The van der Waals surface area contributed by atoms with Crippen molar-refractivity contribution in [1.82, 2.24) is 4.98 Å². The third-order valence-electron chi connectivity index (χ3n) is 3.38. The minimum atomic E-state index is -0.275. The van der Waals surface area contributed by atoms with Crippen LogP contribution in [0.1, 0.15) is 16.1 Å². The number of rotatable bonds is 4. The van der Waals surface area contributed by atoms with Crippen LogP contribution in [0.2, 0.25) is 0 Å². The molecule has 1 heterocycles. The monoisotopic (exact) mass is 392 g/mol. The Kier molecular flexibility index (Phi) is 5.07. The number of aromatic nitrogens is 1. The number of carbonyl (C=O) groups excluding carboxylic acids is 1. The Hall–Kier alpha value is -3.17. The molecular weight excluding hydrogens is 380 g/mol. The van der Waals surface area contributed by atoms with Gasteiger partial charge in [0, 0.05) is 15.8 Å². The number of nitriles is 1. The van der Waals surface area contributed by atoms with E-state index in [1.54, 1.807) is 30.5 Å². The number of benzene rings is 2. The molecule has 0 fully saturated rings. The number of pyridine rings is 1. The Morgan fingerprint density at radius 3 is 2.40 bits per heavy atom. The van der Waals surface area contributed by atoms with Crippen LogP contribution in [0.5, 0.6) is 0 Å². The smallest absolute Gasteiger partial charge is 0.274 e. The molecule has 0 saturated heterocycles. The molecule has 25 heavy (non-hydrogen) atoms. The second-order valence-electron chi connectivity index (χ2n) is 5.21. The summed E-state index contributed by atoms with van der Waals surface area (Å²) in [5, 5.41) is 14.8. The summed E-state index contributed by atoms with van der Waals surface area (Å²) in [5.41, 5.74) is 3.21. The lowest BCUT2D eigenvalue weighted by molar-refractivity contribution is 0.102. The first-order chi connectivity index (χ1) is 12.1. The maximum atomic E-state index is 12.2. The van der Waals surface area contributed by atoms with Crippen LogP contribution in [0.3, 0.4) is 0 Å². The van der Waals surface area contributed by atoms with Crippen LogP contribution in [0.15, 0.2) is 71.3 Å². The van der Waals surface area contributed by atoms with Gasteiger partial charge in [-0.2, -0.15) is 5.26 Å². The van der Waals surface area contributed by atoms with Gasteiger partial charge in [-0.3, -0.25) is 4.79 Å². The van der Waals surface area contributed by atoms with Crippen LogP contribution in [0, 0.1) is 11.3 Å². The van der Waals surface area contributed by atoms with Gasteiger partial charge >= 0.3 is 0 Å². The molecule has 0 radical (unpaired) electrons. The van der Waals surface area contributed by atoms with Crippen LogP contribution >= 0.6 is 15.9 Å². The van der Waals surface area contributed by atoms with Crippen molar-refractivity contribution in [3.63, 3.8) is 0 Å². The first kappa shape index (κ1) is 16.7. The summed E-state index contributed by atoms with van der Waals surface area (Å²) in [6, 6.07) is 20.0. The number of halogens is 1. The van der Waals surface area contributed by atoms with E-state index in [1.165, 1.54) is 0 Å². The molecule has 0 spiro atoms. The number of hydrogen-bond donors (Lipinski definition) is 2. The third-order valence-corrected chi connectivity index (χ3v) is 3.87. The molecule has 1 amide bonds. The fourth-order valence-corrected chi connectivity index (χ4v) is 2.56. The number of anilines is 3. The Labute approximate surface area is 153 Å². The molecule has 0 aliphatic carbocycles. The summed E-state index contributed by atoms with van der Waals surface area (Å²) in [6.45, 7) is 0. The molecule has 2 aromatic carbocycles. The van der Waals surface area contributed by atoms with Gasteiger partial charge in [0.1, 0.15) is 5.69 Å². The largest absolute Gasteiger partial charge is 0.354 e. The van der Waals surface area contributed by atoms with E-state index in [-0.39, 0.29) is 5.91 Å². The van der Waals surface area contributed by atoms with E-state index in [0.717, 1.165) is 15.8 Å². The lowest BCUT2D eigenvalue weighted by Crippen LogP contribution is -2.13. The van der Waals surface area contributed by atoms with E-state index in [1.807, 2.05) is 36.4 Å². The van der Waals surface area contributed by atoms with Gasteiger partial charge in [-0.1, -0.05) is 22.0 Å². The zero-order chi connectivity index (χ0) is 17.6. The summed E-state index contributed by atoms with van der Waals surface area (Å²) in [4.78, 5) is 16.4. The van der Waals surface area contributed by atoms with Crippen molar-refractivity contribution in [2.75, 3.05) is 10.6 Å². The number of amides is 1. The van der Waals surface area contributed by atoms with Crippen molar-refractivity contribution in [2.24, 2.45) is 0 Å². The summed E-state index contributed by atoms with van der Waals surface area (Å²) >= 11 is 3.37. The molecular formula is C19H13BrN4O. The van der Waals surface area contributed by atoms with Crippen molar-refractivity contribution >= 4 is 38.9 Å². The van der Waals surface area contributed by atoms with Gasteiger partial charge in [0.05, 0.1) is 23.5 Å². The van der Waals surface area contributed by atoms with E-state index < -0.39 is 0 Å². The summed E-state index contributed by atoms with van der Waals surface area (Å²) in [6.07, 6.45) is 1.59. The van der Waals surface area contributed by atoms with E-state index in [9.17, 15) is 4.79 Å². The fraction of sp³-hybridized carbons (Fsp3) is 0. The number of carbonyl (C=O) groups is 1. The highest BCUT2D eigenvalue weighted by Crippen LogP contribution is 2.18. The first-order valence-corrected chi connectivity index (χ1v) is 8.23. The van der Waals surface area contributed by atoms with Crippen molar-refractivity contribution in [3.8, 4) is 6.07 Å². The molecule has 3 rings (SSSR count). The highest BCUT2D eigenvalue weighted by atomic mass is 79.9.